The van der Waals surface area contributed by atoms with Crippen molar-refractivity contribution in [3.05, 3.63) is 0 Å². The predicted octanol–water partition coefficient (Wildman–Crippen LogP) is 0.918. The zero-order chi connectivity index (χ0) is 10.8. The topological polar surface area (TPSA) is 58.4 Å². The molecule has 1 heterocycles. The molecule has 0 radical (unpaired) electrons. The number of nitrogens with zero attached hydrogens (tertiary/aromatic N) is 1. The van der Waals surface area contributed by atoms with Crippen LogP contribution in [0.2, 0.25) is 0 Å². The first-order valence-corrected chi connectivity index (χ1v) is 5.21. The third-order valence-electron chi connectivity index (χ3n) is 2.23. The van der Waals surface area contributed by atoms with Gasteiger partial charge in [0.15, 0.2) is 0 Å². The first kappa shape index (κ1) is 11.3. The Morgan fingerprint density at radius 2 is 2.14 bits per heavy atom. The number of urea groups is 1. The molecule has 1 saturated heterocycles. The molecular formula is C10H21N3O. The van der Waals surface area contributed by atoms with Gasteiger partial charge in [0.1, 0.15) is 0 Å². The highest BCUT2D eigenvalue weighted by Crippen LogP contribution is 2.09. The van der Waals surface area contributed by atoms with Crippen LogP contribution in [0.25, 0.3) is 0 Å². The van der Waals surface area contributed by atoms with E-state index in [1.807, 2.05) is 20.8 Å². The number of nitrogens with two attached hydrogens (primary N) is 1. The Balaban J connectivity index is 2.44. The van der Waals surface area contributed by atoms with Gasteiger partial charge in [-0.05, 0) is 33.6 Å². The molecule has 82 valence electrons. The lowest BCUT2D eigenvalue weighted by Gasteiger charge is -2.33. The van der Waals surface area contributed by atoms with Gasteiger partial charge in [0.05, 0.1) is 0 Å². The summed E-state index contributed by atoms with van der Waals surface area (Å²) < 4.78 is 0. The van der Waals surface area contributed by atoms with Crippen LogP contribution >= 0.6 is 0 Å². The van der Waals surface area contributed by atoms with Crippen LogP contribution in [-0.2, 0) is 0 Å². The molecule has 0 bridgehead atoms. The zero-order valence-corrected chi connectivity index (χ0v) is 9.34. The van der Waals surface area contributed by atoms with Gasteiger partial charge in [-0.25, -0.2) is 4.79 Å². The number of piperidine rings is 1. The number of rotatable bonds is 0. The lowest BCUT2D eigenvalue weighted by Crippen LogP contribution is -2.53. The van der Waals surface area contributed by atoms with E-state index in [1.165, 1.54) is 0 Å². The van der Waals surface area contributed by atoms with E-state index in [1.54, 1.807) is 4.90 Å². The smallest absolute Gasteiger partial charge is 0.317 e. The maximum atomic E-state index is 11.7. The van der Waals surface area contributed by atoms with Crippen LogP contribution in [-0.4, -0.2) is 35.6 Å². The number of hydrogen-bond acceptors (Lipinski definition) is 2. The van der Waals surface area contributed by atoms with Crippen molar-refractivity contribution in [2.45, 2.75) is 45.2 Å². The second-order valence-corrected chi connectivity index (χ2v) is 5.03. The van der Waals surface area contributed by atoms with E-state index in [-0.39, 0.29) is 17.6 Å². The van der Waals surface area contributed by atoms with E-state index >= 15 is 0 Å². The Morgan fingerprint density at radius 3 is 2.64 bits per heavy atom. The Bertz CT molecular complexity index is 210. The molecule has 0 aliphatic carbocycles. The van der Waals surface area contributed by atoms with Gasteiger partial charge in [0.25, 0.3) is 0 Å². The average molecular weight is 199 g/mol. The van der Waals surface area contributed by atoms with Gasteiger partial charge in [-0.15, -0.1) is 0 Å². The number of hydrogen-bond donors (Lipinski definition) is 2. The van der Waals surface area contributed by atoms with E-state index in [0.29, 0.717) is 6.54 Å². The van der Waals surface area contributed by atoms with Gasteiger partial charge in [0.2, 0.25) is 0 Å². The molecule has 0 saturated carbocycles. The molecule has 4 heteroatoms. The monoisotopic (exact) mass is 199 g/mol. The van der Waals surface area contributed by atoms with Gasteiger partial charge in [-0.3, -0.25) is 0 Å². The molecule has 0 aromatic heterocycles. The van der Waals surface area contributed by atoms with E-state index < -0.39 is 0 Å². The fraction of sp³-hybridized carbons (Fsp3) is 0.900. The quantitative estimate of drug-likeness (QED) is 0.609. The Morgan fingerprint density at radius 1 is 1.50 bits per heavy atom. The van der Waals surface area contributed by atoms with Crippen molar-refractivity contribution < 1.29 is 4.79 Å². The van der Waals surface area contributed by atoms with Crippen LogP contribution in [0.1, 0.15) is 33.6 Å². The van der Waals surface area contributed by atoms with Crippen molar-refractivity contribution in [3.63, 3.8) is 0 Å². The first-order valence-electron chi connectivity index (χ1n) is 5.21. The molecule has 4 nitrogen and oxygen atoms in total. The molecule has 0 aromatic rings. The molecule has 1 unspecified atom stereocenters. The Hall–Kier alpha value is -0.770. The number of amides is 2. The Kier molecular flexibility index (Phi) is 3.37. The lowest BCUT2D eigenvalue weighted by molar-refractivity contribution is 0.172. The number of carbonyl (C=O) groups excluding carboxylic acids is 1. The summed E-state index contributed by atoms with van der Waals surface area (Å²) in [5.41, 5.74) is 5.64. The van der Waals surface area contributed by atoms with Crippen LogP contribution in [0.3, 0.4) is 0 Å². The third-order valence-corrected chi connectivity index (χ3v) is 2.23. The fourth-order valence-electron chi connectivity index (χ4n) is 1.59. The number of nitrogens with one attached hydrogen (secondary N) is 1. The average Bonchev–Trinajstić information content (AvgIpc) is 2.01. The third kappa shape index (κ3) is 3.54. The maximum Gasteiger partial charge on any atom is 0.317 e. The van der Waals surface area contributed by atoms with Gasteiger partial charge < -0.3 is 16.0 Å². The van der Waals surface area contributed by atoms with Gasteiger partial charge in [-0.2, -0.15) is 0 Å². The predicted molar refractivity (Wildman–Crippen MR) is 57.1 cm³/mol. The molecule has 14 heavy (non-hydrogen) atoms. The van der Waals surface area contributed by atoms with Crippen molar-refractivity contribution in [2.75, 3.05) is 13.1 Å². The summed E-state index contributed by atoms with van der Waals surface area (Å²) in [4.78, 5) is 13.5. The fourth-order valence-corrected chi connectivity index (χ4v) is 1.59. The minimum Gasteiger partial charge on any atom is -0.333 e. The summed E-state index contributed by atoms with van der Waals surface area (Å²) in [6, 6.07) is 0.155. The van der Waals surface area contributed by atoms with Crippen molar-refractivity contribution >= 4 is 6.03 Å². The second-order valence-electron chi connectivity index (χ2n) is 5.03. The summed E-state index contributed by atoms with van der Waals surface area (Å²) >= 11 is 0. The highest BCUT2D eigenvalue weighted by atomic mass is 16.2. The highest BCUT2D eigenvalue weighted by molar-refractivity contribution is 5.75. The minimum absolute atomic E-state index is 0.00708. The number of likely N-dealkylation sites (tertiary alicyclic amines) is 1. The minimum atomic E-state index is -0.168. The summed E-state index contributed by atoms with van der Waals surface area (Å²) in [6.07, 6.45) is 2.04. The molecule has 1 rings (SSSR count). The van der Waals surface area contributed by atoms with Gasteiger partial charge in [-0.1, -0.05) is 0 Å². The van der Waals surface area contributed by atoms with E-state index in [4.69, 9.17) is 5.73 Å². The van der Waals surface area contributed by atoms with E-state index in [0.717, 1.165) is 19.4 Å². The number of carbonyl (C=O) groups is 1. The molecule has 3 N–H and O–H groups in total. The zero-order valence-electron chi connectivity index (χ0n) is 9.34. The normalized spacial score (nSPS) is 23.4. The van der Waals surface area contributed by atoms with Crippen molar-refractivity contribution in [1.29, 1.82) is 0 Å². The summed E-state index contributed by atoms with van der Waals surface area (Å²) in [6.45, 7) is 7.45. The first-order chi connectivity index (χ1) is 6.38. The van der Waals surface area contributed by atoms with Crippen LogP contribution in [0.5, 0.6) is 0 Å². The van der Waals surface area contributed by atoms with Crippen molar-refractivity contribution in [3.8, 4) is 0 Å². The molecule has 0 aromatic carbocycles. The Labute approximate surface area is 85.8 Å². The van der Waals surface area contributed by atoms with Crippen LogP contribution in [0, 0.1) is 0 Å². The summed E-state index contributed by atoms with van der Waals surface area (Å²) in [5, 5.41) is 2.94. The van der Waals surface area contributed by atoms with Crippen molar-refractivity contribution in [2.24, 2.45) is 5.73 Å². The molecule has 1 aliphatic rings. The molecule has 1 fully saturated rings. The van der Waals surface area contributed by atoms with E-state index in [9.17, 15) is 4.79 Å². The largest absolute Gasteiger partial charge is 0.333 e. The SMILES string of the molecule is CC(C)(C)NC(=O)N1CCCC(N)C1. The van der Waals surface area contributed by atoms with Crippen molar-refractivity contribution in [1.82, 2.24) is 10.2 Å². The molecule has 2 amide bonds. The lowest BCUT2D eigenvalue weighted by atomic mass is 10.1. The maximum absolute atomic E-state index is 11.7. The molecule has 1 aliphatic heterocycles. The second kappa shape index (κ2) is 4.17. The molecule has 0 spiro atoms. The summed E-state index contributed by atoms with van der Waals surface area (Å²) in [5.74, 6) is 0. The van der Waals surface area contributed by atoms with Crippen LogP contribution in [0.15, 0.2) is 0 Å². The van der Waals surface area contributed by atoms with Gasteiger partial charge in [0, 0.05) is 24.7 Å². The standard InChI is InChI=1S/C10H21N3O/c1-10(2,3)12-9(14)13-6-4-5-8(11)7-13/h8H,4-7,11H2,1-3H3,(H,12,14). The van der Waals surface area contributed by atoms with Gasteiger partial charge >= 0.3 is 6.03 Å². The van der Waals surface area contributed by atoms with E-state index in [2.05, 4.69) is 5.32 Å². The van der Waals surface area contributed by atoms with Crippen LogP contribution < -0.4 is 11.1 Å². The van der Waals surface area contributed by atoms with Crippen LogP contribution in [0.4, 0.5) is 4.79 Å². The molecular weight excluding hydrogens is 178 g/mol. The highest BCUT2D eigenvalue weighted by Gasteiger charge is 2.23. The summed E-state index contributed by atoms with van der Waals surface area (Å²) in [7, 11) is 0. The molecule has 1 atom stereocenters.